The Morgan fingerprint density at radius 1 is 1.16 bits per heavy atom. The van der Waals surface area contributed by atoms with Gasteiger partial charge < -0.3 is 16.4 Å². The van der Waals surface area contributed by atoms with E-state index in [-0.39, 0.29) is 5.69 Å². The second-order valence-corrected chi connectivity index (χ2v) is 4.74. The fourth-order valence-electron chi connectivity index (χ4n) is 1.49. The van der Waals surface area contributed by atoms with E-state index in [2.05, 4.69) is 26.6 Å². The van der Waals surface area contributed by atoms with Gasteiger partial charge in [0.25, 0.3) is 0 Å². The molecule has 0 fully saturated rings. The number of hydrogen-bond donors (Lipinski definition) is 3. The third-order valence-electron chi connectivity index (χ3n) is 2.32. The molecule has 0 unspecified atom stereocenters. The summed E-state index contributed by atoms with van der Waals surface area (Å²) >= 11 is 3.21. The Balaban J connectivity index is 2.07. The number of hydrogen-bond acceptors (Lipinski definition) is 2. The molecule has 98 valence electrons. The first kappa shape index (κ1) is 13.4. The van der Waals surface area contributed by atoms with Gasteiger partial charge in [-0.25, -0.2) is 9.18 Å². The van der Waals surface area contributed by atoms with Crippen molar-refractivity contribution < 1.29 is 9.18 Å². The van der Waals surface area contributed by atoms with E-state index < -0.39 is 11.8 Å². The summed E-state index contributed by atoms with van der Waals surface area (Å²) < 4.78 is 14.1. The summed E-state index contributed by atoms with van der Waals surface area (Å²) in [6.45, 7) is 0. The van der Waals surface area contributed by atoms with Crippen LogP contribution in [0.3, 0.4) is 0 Å². The van der Waals surface area contributed by atoms with Crippen molar-refractivity contribution in [1.82, 2.24) is 0 Å². The maximum atomic E-state index is 13.4. The molecule has 0 radical (unpaired) electrons. The molecule has 0 spiro atoms. The number of nitrogen functional groups attached to an aromatic ring is 1. The summed E-state index contributed by atoms with van der Waals surface area (Å²) in [6.07, 6.45) is 0. The number of amides is 2. The number of carbonyl (C=O) groups excluding carboxylic acids is 1. The van der Waals surface area contributed by atoms with Gasteiger partial charge in [0.2, 0.25) is 0 Å². The van der Waals surface area contributed by atoms with Gasteiger partial charge in [0.1, 0.15) is 5.82 Å². The zero-order valence-corrected chi connectivity index (χ0v) is 11.4. The zero-order chi connectivity index (χ0) is 13.8. The lowest BCUT2D eigenvalue weighted by molar-refractivity contribution is 0.262. The Kier molecular flexibility index (Phi) is 4.01. The lowest BCUT2D eigenvalue weighted by Gasteiger charge is -2.09. The van der Waals surface area contributed by atoms with Crippen LogP contribution in [0.2, 0.25) is 0 Å². The molecule has 2 rings (SSSR count). The normalized spacial score (nSPS) is 10.0. The van der Waals surface area contributed by atoms with Gasteiger partial charge >= 0.3 is 6.03 Å². The van der Waals surface area contributed by atoms with E-state index in [9.17, 15) is 9.18 Å². The minimum Gasteiger partial charge on any atom is -0.399 e. The molecule has 6 heteroatoms. The van der Waals surface area contributed by atoms with Gasteiger partial charge in [-0.15, -0.1) is 0 Å². The maximum absolute atomic E-state index is 13.4. The zero-order valence-electron chi connectivity index (χ0n) is 9.78. The number of nitrogens with one attached hydrogen (secondary N) is 2. The Bertz CT molecular complexity index is 619. The number of nitrogens with two attached hydrogens (primary N) is 1. The van der Waals surface area contributed by atoms with Crippen LogP contribution in [-0.4, -0.2) is 6.03 Å². The molecule has 0 aliphatic heterocycles. The molecule has 0 bridgehead atoms. The standard InChI is InChI=1S/C13H11BrFN3O/c14-8-4-5-11(15)12(6-8)18-13(19)17-10-3-1-2-9(16)7-10/h1-7H,16H2,(H2,17,18,19). The lowest BCUT2D eigenvalue weighted by atomic mass is 10.3. The van der Waals surface area contributed by atoms with E-state index >= 15 is 0 Å². The van der Waals surface area contributed by atoms with Crippen LogP contribution in [0.15, 0.2) is 46.9 Å². The highest BCUT2D eigenvalue weighted by atomic mass is 79.9. The van der Waals surface area contributed by atoms with Crippen molar-refractivity contribution in [2.45, 2.75) is 0 Å². The van der Waals surface area contributed by atoms with Crippen LogP contribution < -0.4 is 16.4 Å². The molecule has 2 aromatic rings. The smallest absolute Gasteiger partial charge is 0.323 e. The number of rotatable bonds is 2. The maximum Gasteiger partial charge on any atom is 0.323 e. The van der Waals surface area contributed by atoms with Crippen molar-refractivity contribution >= 4 is 39.0 Å². The molecule has 0 saturated carbocycles. The highest BCUT2D eigenvalue weighted by Gasteiger charge is 2.07. The predicted molar refractivity (Wildman–Crippen MR) is 77.6 cm³/mol. The summed E-state index contributed by atoms with van der Waals surface area (Å²) in [5.74, 6) is -0.508. The van der Waals surface area contributed by atoms with E-state index in [1.165, 1.54) is 12.1 Å². The Morgan fingerprint density at radius 2 is 1.95 bits per heavy atom. The number of halogens is 2. The Hall–Kier alpha value is -2.08. The average Bonchev–Trinajstić information content (AvgIpc) is 2.34. The number of carbonyl (C=O) groups is 1. The van der Waals surface area contributed by atoms with Gasteiger partial charge in [-0.1, -0.05) is 22.0 Å². The van der Waals surface area contributed by atoms with Crippen molar-refractivity contribution in [2.24, 2.45) is 0 Å². The number of benzene rings is 2. The summed E-state index contributed by atoms with van der Waals surface area (Å²) in [6, 6.07) is 10.5. The first-order valence-corrected chi connectivity index (χ1v) is 6.22. The quantitative estimate of drug-likeness (QED) is 0.735. The van der Waals surface area contributed by atoms with Crippen LogP contribution in [0.5, 0.6) is 0 Å². The highest BCUT2D eigenvalue weighted by molar-refractivity contribution is 9.10. The molecule has 0 atom stereocenters. The molecule has 0 aliphatic rings. The van der Waals surface area contributed by atoms with Crippen molar-refractivity contribution in [3.05, 3.63) is 52.8 Å². The fraction of sp³-hybridized carbons (Fsp3) is 0. The Labute approximate surface area is 117 Å². The third-order valence-corrected chi connectivity index (χ3v) is 2.81. The largest absolute Gasteiger partial charge is 0.399 e. The van der Waals surface area contributed by atoms with Crippen LogP contribution in [0.4, 0.5) is 26.2 Å². The van der Waals surface area contributed by atoms with Gasteiger partial charge in [-0.3, -0.25) is 0 Å². The SMILES string of the molecule is Nc1cccc(NC(=O)Nc2cc(Br)ccc2F)c1. The van der Waals surface area contributed by atoms with Crippen LogP contribution >= 0.6 is 15.9 Å². The van der Waals surface area contributed by atoms with Crippen LogP contribution in [0, 0.1) is 5.82 Å². The van der Waals surface area contributed by atoms with E-state index in [4.69, 9.17) is 5.73 Å². The monoisotopic (exact) mass is 323 g/mol. The van der Waals surface area contributed by atoms with Crippen molar-refractivity contribution in [3.8, 4) is 0 Å². The van der Waals surface area contributed by atoms with Gasteiger partial charge in [0, 0.05) is 15.8 Å². The second-order valence-electron chi connectivity index (χ2n) is 3.83. The van der Waals surface area contributed by atoms with Crippen molar-refractivity contribution in [3.63, 3.8) is 0 Å². The fourth-order valence-corrected chi connectivity index (χ4v) is 1.86. The molecule has 4 N–H and O–H groups in total. The first-order chi connectivity index (χ1) is 9.04. The van der Waals surface area contributed by atoms with E-state index in [0.29, 0.717) is 15.8 Å². The van der Waals surface area contributed by atoms with E-state index in [1.54, 1.807) is 30.3 Å². The van der Waals surface area contributed by atoms with Gasteiger partial charge in [-0.2, -0.15) is 0 Å². The van der Waals surface area contributed by atoms with E-state index in [0.717, 1.165) is 0 Å². The minimum absolute atomic E-state index is 0.0933. The van der Waals surface area contributed by atoms with Crippen LogP contribution in [0.1, 0.15) is 0 Å². The van der Waals surface area contributed by atoms with Gasteiger partial charge in [0.05, 0.1) is 5.69 Å². The molecular weight excluding hydrogens is 313 g/mol. The summed E-state index contributed by atoms with van der Waals surface area (Å²) in [5, 5.41) is 4.99. The van der Waals surface area contributed by atoms with Gasteiger partial charge in [-0.05, 0) is 36.4 Å². The molecule has 0 aliphatic carbocycles. The topological polar surface area (TPSA) is 67.1 Å². The number of anilines is 3. The highest BCUT2D eigenvalue weighted by Crippen LogP contribution is 2.20. The van der Waals surface area contributed by atoms with Crippen LogP contribution in [-0.2, 0) is 0 Å². The second kappa shape index (κ2) is 5.71. The summed E-state index contributed by atoms with van der Waals surface area (Å²) in [7, 11) is 0. The van der Waals surface area contributed by atoms with Gasteiger partial charge in [0.15, 0.2) is 0 Å². The molecule has 2 amide bonds. The summed E-state index contributed by atoms with van der Waals surface area (Å²) in [4.78, 5) is 11.7. The third kappa shape index (κ3) is 3.69. The molecule has 2 aromatic carbocycles. The number of urea groups is 1. The molecular formula is C13H11BrFN3O. The molecule has 0 saturated heterocycles. The minimum atomic E-state index is -0.539. The lowest BCUT2D eigenvalue weighted by Crippen LogP contribution is -2.20. The van der Waals surface area contributed by atoms with E-state index in [1.807, 2.05) is 0 Å². The van der Waals surface area contributed by atoms with Crippen LogP contribution in [0.25, 0.3) is 0 Å². The average molecular weight is 324 g/mol. The molecule has 0 aromatic heterocycles. The predicted octanol–water partition coefficient (Wildman–Crippen LogP) is 3.81. The molecule has 0 heterocycles. The first-order valence-electron chi connectivity index (χ1n) is 5.43. The molecule has 19 heavy (non-hydrogen) atoms. The van der Waals surface area contributed by atoms with Crippen molar-refractivity contribution in [2.75, 3.05) is 16.4 Å². The van der Waals surface area contributed by atoms with Crippen molar-refractivity contribution in [1.29, 1.82) is 0 Å². The summed E-state index contributed by atoms with van der Waals surface area (Å²) in [5.41, 5.74) is 6.76. The molecule has 4 nitrogen and oxygen atoms in total. The Morgan fingerprint density at radius 3 is 2.68 bits per heavy atom.